The number of halogens is 1. The Balaban J connectivity index is 2.02. The molecule has 3 rings (SSSR count). The van der Waals surface area contributed by atoms with E-state index in [9.17, 15) is 4.79 Å². The molecule has 2 aromatic carbocycles. The van der Waals surface area contributed by atoms with Gasteiger partial charge in [0.05, 0.1) is 5.56 Å². The molecule has 2 N–H and O–H groups in total. The van der Waals surface area contributed by atoms with Crippen molar-refractivity contribution >= 4 is 33.2 Å². The first kappa shape index (κ1) is 14.1. The molecule has 3 nitrogen and oxygen atoms in total. The van der Waals surface area contributed by atoms with E-state index in [1.165, 1.54) is 5.56 Å². The molecule has 4 heteroatoms. The van der Waals surface area contributed by atoms with E-state index in [0.29, 0.717) is 11.3 Å². The molecule has 0 unspecified atom stereocenters. The van der Waals surface area contributed by atoms with Gasteiger partial charge in [-0.2, -0.15) is 0 Å². The van der Waals surface area contributed by atoms with E-state index in [-0.39, 0.29) is 5.91 Å². The van der Waals surface area contributed by atoms with Crippen LogP contribution in [0.2, 0.25) is 0 Å². The van der Waals surface area contributed by atoms with Gasteiger partial charge in [-0.15, -0.1) is 0 Å². The van der Waals surface area contributed by atoms with Crippen LogP contribution in [0.15, 0.2) is 40.9 Å². The summed E-state index contributed by atoms with van der Waals surface area (Å²) in [6.07, 6.45) is 1.97. The summed E-state index contributed by atoms with van der Waals surface area (Å²) >= 11 is 3.50. The van der Waals surface area contributed by atoms with Crippen LogP contribution >= 0.6 is 15.9 Å². The predicted octanol–water partition coefficient (Wildman–Crippen LogP) is 3.93. The Morgan fingerprint density at radius 1 is 1.24 bits per heavy atom. The number of hydrogen-bond donors (Lipinski definition) is 1. The lowest BCUT2D eigenvalue weighted by molar-refractivity contribution is 0.0984. The van der Waals surface area contributed by atoms with E-state index in [1.807, 2.05) is 48.2 Å². The molecule has 1 amide bonds. The maximum atomic E-state index is 12.9. The molecule has 0 spiro atoms. The number of carbonyl (C=O) groups excluding carboxylic acids is 1. The summed E-state index contributed by atoms with van der Waals surface area (Å²) in [5.41, 5.74) is 10.5. The highest BCUT2D eigenvalue weighted by Gasteiger charge is 2.25. The molecule has 1 aliphatic rings. The Hall–Kier alpha value is -1.81. The molecule has 0 fully saturated rings. The summed E-state index contributed by atoms with van der Waals surface area (Å²) in [5.74, 6) is 0.0217. The first-order valence-corrected chi connectivity index (χ1v) is 7.82. The largest absolute Gasteiger partial charge is 0.399 e. The molecule has 0 atom stereocenters. The van der Waals surface area contributed by atoms with E-state index >= 15 is 0 Å². The topological polar surface area (TPSA) is 46.3 Å². The summed E-state index contributed by atoms with van der Waals surface area (Å²) in [7, 11) is 0. The van der Waals surface area contributed by atoms with Crippen LogP contribution in [0.4, 0.5) is 11.4 Å². The van der Waals surface area contributed by atoms with Crippen LogP contribution in [-0.4, -0.2) is 12.5 Å². The van der Waals surface area contributed by atoms with Gasteiger partial charge in [0, 0.05) is 22.4 Å². The lowest BCUT2D eigenvalue weighted by Crippen LogP contribution is -2.35. The highest BCUT2D eigenvalue weighted by Crippen LogP contribution is 2.31. The molecular weight excluding hydrogens is 328 g/mol. The van der Waals surface area contributed by atoms with Crippen LogP contribution in [0.1, 0.15) is 27.9 Å². The van der Waals surface area contributed by atoms with Crippen LogP contribution < -0.4 is 10.6 Å². The number of fused-ring (bicyclic) bond motifs is 1. The second-order valence-corrected chi connectivity index (χ2v) is 6.29. The third-order valence-electron chi connectivity index (χ3n) is 3.83. The number of benzene rings is 2. The van der Waals surface area contributed by atoms with Crippen molar-refractivity contribution in [3.05, 3.63) is 57.6 Å². The van der Waals surface area contributed by atoms with E-state index in [1.54, 1.807) is 0 Å². The number of aryl methyl sites for hydroxylation is 2. The number of nitrogens with two attached hydrogens (primary N) is 1. The average Bonchev–Trinajstić information content (AvgIpc) is 2.46. The maximum Gasteiger partial charge on any atom is 0.259 e. The van der Waals surface area contributed by atoms with Crippen molar-refractivity contribution in [2.45, 2.75) is 19.8 Å². The SMILES string of the molecule is Cc1ccc(C(=O)N2CCCc3ccc(N)cc32)c(Br)c1. The number of carbonyl (C=O) groups is 1. The molecule has 0 aromatic heterocycles. The van der Waals surface area contributed by atoms with Gasteiger partial charge in [-0.05, 0) is 71.1 Å². The van der Waals surface area contributed by atoms with Crippen LogP contribution in [0.5, 0.6) is 0 Å². The first-order valence-electron chi connectivity index (χ1n) is 7.02. The van der Waals surface area contributed by atoms with Gasteiger partial charge < -0.3 is 10.6 Å². The smallest absolute Gasteiger partial charge is 0.259 e. The minimum Gasteiger partial charge on any atom is -0.399 e. The highest BCUT2D eigenvalue weighted by atomic mass is 79.9. The van der Waals surface area contributed by atoms with Gasteiger partial charge in [0.15, 0.2) is 0 Å². The Bertz CT molecular complexity index is 712. The Labute approximate surface area is 132 Å². The monoisotopic (exact) mass is 344 g/mol. The lowest BCUT2D eigenvalue weighted by Gasteiger charge is -2.30. The molecule has 0 radical (unpaired) electrons. The zero-order chi connectivity index (χ0) is 15.0. The van der Waals surface area contributed by atoms with Gasteiger partial charge >= 0.3 is 0 Å². The fraction of sp³-hybridized carbons (Fsp3) is 0.235. The lowest BCUT2D eigenvalue weighted by atomic mass is 10.00. The number of nitrogen functional groups attached to an aromatic ring is 1. The summed E-state index contributed by atoms with van der Waals surface area (Å²) in [4.78, 5) is 14.7. The number of amides is 1. The second-order valence-electron chi connectivity index (χ2n) is 5.43. The van der Waals surface area contributed by atoms with E-state index in [4.69, 9.17) is 5.73 Å². The fourth-order valence-electron chi connectivity index (χ4n) is 2.74. The van der Waals surface area contributed by atoms with E-state index < -0.39 is 0 Å². The van der Waals surface area contributed by atoms with Gasteiger partial charge in [0.2, 0.25) is 0 Å². The zero-order valence-electron chi connectivity index (χ0n) is 11.9. The van der Waals surface area contributed by atoms with E-state index in [0.717, 1.165) is 35.1 Å². The molecule has 0 bridgehead atoms. The minimum absolute atomic E-state index is 0.0217. The molecule has 1 heterocycles. The van der Waals surface area contributed by atoms with Gasteiger partial charge in [-0.25, -0.2) is 0 Å². The molecule has 0 saturated carbocycles. The molecule has 0 saturated heterocycles. The number of rotatable bonds is 1. The molecule has 21 heavy (non-hydrogen) atoms. The summed E-state index contributed by atoms with van der Waals surface area (Å²) in [6, 6.07) is 11.6. The van der Waals surface area contributed by atoms with Gasteiger partial charge in [0.25, 0.3) is 5.91 Å². The van der Waals surface area contributed by atoms with E-state index in [2.05, 4.69) is 15.9 Å². The van der Waals surface area contributed by atoms with Gasteiger partial charge in [0.1, 0.15) is 0 Å². The average molecular weight is 345 g/mol. The Kier molecular flexibility index (Phi) is 3.72. The van der Waals surface area contributed by atoms with Crippen molar-refractivity contribution in [2.75, 3.05) is 17.2 Å². The van der Waals surface area contributed by atoms with Crippen molar-refractivity contribution in [3.8, 4) is 0 Å². The van der Waals surface area contributed by atoms with Crippen molar-refractivity contribution < 1.29 is 4.79 Å². The number of hydrogen-bond acceptors (Lipinski definition) is 2. The Morgan fingerprint density at radius 3 is 2.81 bits per heavy atom. The van der Waals surface area contributed by atoms with Crippen LogP contribution in [0.3, 0.4) is 0 Å². The summed E-state index contributed by atoms with van der Waals surface area (Å²) < 4.78 is 0.837. The quantitative estimate of drug-likeness (QED) is 0.796. The highest BCUT2D eigenvalue weighted by molar-refractivity contribution is 9.10. The predicted molar refractivity (Wildman–Crippen MR) is 89.7 cm³/mol. The number of nitrogens with zero attached hydrogens (tertiary/aromatic N) is 1. The van der Waals surface area contributed by atoms with Crippen LogP contribution in [0.25, 0.3) is 0 Å². The molecule has 108 valence electrons. The van der Waals surface area contributed by atoms with Gasteiger partial charge in [-0.1, -0.05) is 12.1 Å². The molecule has 1 aliphatic heterocycles. The van der Waals surface area contributed by atoms with Crippen molar-refractivity contribution in [1.29, 1.82) is 0 Å². The fourth-order valence-corrected chi connectivity index (χ4v) is 3.40. The summed E-state index contributed by atoms with van der Waals surface area (Å²) in [6.45, 7) is 2.74. The molecular formula is C17H17BrN2O. The Morgan fingerprint density at radius 2 is 2.05 bits per heavy atom. The third-order valence-corrected chi connectivity index (χ3v) is 4.48. The van der Waals surface area contributed by atoms with Gasteiger partial charge in [-0.3, -0.25) is 4.79 Å². The minimum atomic E-state index is 0.0217. The number of anilines is 2. The normalized spacial score (nSPS) is 13.9. The molecule has 0 aliphatic carbocycles. The van der Waals surface area contributed by atoms with Crippen LogP contribution in [0, 0.1) is 6.92 Å². The van der Waals surface area contributed by atoms with Crippen molar-refractivity contribution in [2.24, 2.45) is 0 Å². The van der Waals surface area contributed by atoms with Crippen molar-refractivity contribution in [3.63, 3.8) is 0 Å². The third kappa shape index (κ3) is 2.68. The summed E-state index contributed by atoms with van der Waals surface area (Å²) in [5, 5.41) is 0. The van der Waals surface area contributed by atoms with Crippen LogP contribution in [-0.2, 0) is 6.42 Å². The zero-order valence-corrected chi connectivity index (χ0v) is 13.5. The molecule has 2 aromatic rings. The standard InChI is InChI=1S/C17H17BrN2O/c1-11-4-7-14(15(18)9-11)17(21)20-8-2-3-12-5-6-13(19)10-16(12)20/h4-7,9-10H,2-3,8,19H2,1H3. The maximum absolute atomic E-state index is 12.9. The second kappa shape index (κ2) is 5.53. The van der Waals surface area contributed by atoms with Crippen molar-refractivity contribution in [1.82, 2.24) is 0 Å². The first-order chi connectivity index (χ1) is 10.1.